The maximum absolute atomic E-state index is 5.55. The molecular formula is C56H35N7. The molecule has 0 N–H and O–H groups in total. The Morgan fingerprint density at radius 2 is 0.968 bits per heavy atom. The number of fused-ring (bicyclic) bond motifs is 9. The Morgan fingerprint density at radius 3 is 1.75 bits per heavy atom. The van der Waals surface area contributed by atoms with Crippen LogP contribution in [-0.2, 0) is 0 Å². The van der Waals surface area contributed by atoms with Crippen molar-refractivity contribution in [1.29, 1.82) is 0 Å². The van der Waals surface area contributed by atoms with Crippen molar-refractivity contribution in [2.24, 2.45) is 0 Å². The van der Waals surface area contributed by atoms with Crippen LogP contribution in [0.2, 0.25) is 0 Å². The third-order valence-corrected chi connectivity index (χ3v) is 12.3. The van der Waals surface area contributed by atoms with Gasteiger partial charge >= 0.3 is 0 Å². The summed E-state index contributed by atoms with van der Waals surface area (Å²) in [5, 5.41) is 6.69. The highest BCUT2D eigenvalue weighted by Gasteiger charge is 2.22. The zero-order chi connectivity index (χ0) is 41.4. The van der Waals surface area contributed by atoms with Crippen LogP contribution in [0.3, 0.4) is 0 Å². The van der Waals surface area contributed by atoms with Gasteiger partial charge in [-0.1, -0.05) is 146 Å². The average molecular weight is 806 g/mol. The van der Waals surface area contributed by atoms with Crippen molar-refractivity contribution in [2.45, 2.75) is 0 Å². The van der Waals surface area contributed by atoms with E-state index in [1.807, 2.05) is 36.4 Å². The lowest BCUT2D eigenvalue weighted by molar-refractivity contribution is 1.01. The van der Waals surface area contributed by atoms with Gasteiger partial charge in [0.05, 0.1) is 44.5 Å². The van der Waals surface area contributed by atoms with Gasteiger partial charge in [0, 0.05) is 67.0 Å². The topological polar surface area (TPSA) is 66.3 Å². The first-order valence-electron chi connectivity index (χ1n) is 21.1. The maximum atomic E-state index is 5.55. The normalized spacial score (nSPS) is 11.8. The summed E-state index contributed by atoms with van der Waals surface area (Å²) in [6, 6.07) is 72.1. The number of benzene rings is 8. The average Bonchev–Trinajstić information content (AvgIpc) is 4.05. The Hall–Kier alpha value is -8.68. The highest BCUT2D eigenvalue weighted by Crippen LogP contribution is 2.40. The number of hydrogen-bond acceptors (Lipinski definition) is 4. The molecule has 63 heavy (non-hydrogen) atoms. The monoisotopic (exact) mass is 805 g/mol. The molecule has 0 aliphatic heterocycles. The number of rotatable bonds is 6. The van der Waals surface area contributed by atoms with Crippen molar-refractivity contribution >= 4 is 65.4 Å². The van der Waals surface area contributed by atoms with E-state index in [1.165, 1.54) is 16.3 Å². The zero-order valence-electron chi connectivity index (χ0n) is 33.8. The van der Waals surface area contributed by atoms with Crippen LogP contribution in [0.25, 0.3) is 117 Å². The molecule has 0 atom stereocenters. The summed E-state index contributed by atoms with van der Waals surface area (Å²) in [7, 11) is 0. The molecule has 0 bridgehead atoms. The largest absolute Gasteiger partial charge is 0.309 e. The van der Waals surface area contributed by atoms with Crippen molar-refractivity contribution in [3.63, 3.8) is 0 Å². The third-order valence-electron chi connectivity index (χ3n) is 12.3. The fraction of sp³-hybridized carbons (Fsp3) is 0. The quantitative estimate of drug-likeness (QED) is 0.168. The molecule has 0 spiro atoms. The van der Waals surface area contributed by atoms with Crippen molar-refractivity contribution in [3.05, 3.63) is 212 Å². The molecule has 5 aromatic heterocycles. The van der Waals surface area contributed by atoms with E-state index in [1.54, 1.807) is 0 Å². The summed E-state index contributed by atoms with van der Waals surface area (Å²) in [4.78, 5) is 21.1. The lowest BCUT2D eigenvalue weighted by Crippen LogP contribution is -2.04. The number of para-hydroxylation sites is 4. The molecule has 8 aromatic carbocycles. The molecule has 294 valence electrons. The van der Waals surface area contributed by atoms with Crippen LogP contribution < -0.4 is 0 Å². The Bertz CT molecular complexity index is 3840. The minimum atomic E-state index is 0.613. The summed E-state index contributed by atoms with van der Waals surface area (Å²) in [6.07, 6.45) is 2.12. The van der Waals surface area contributed by atoms with Gasteiger partial charge in [0.15, 0.2) is 5.82 Å². The number of hydrogen-bond donors (Lipinski definition) is 0. The van der Waals surface area contributed by atoms with Crippen LogP contribution in [0.15, 0.2) is 212 Å². The Balaban J connectivity index is 1.04. The van der Waals surface area contributed by atoms with Gasteiger partial charge in [-0.15, -0.1) is 0 Å². The maximum Gasteiger partial charge on any atom is 0.235 e. The van der Waals surface area contributed by atoms with E-state index in [9.17, 15) is 0 Å². The van der Waals surface area contributed by atoms with E-state index in [4.69, 9.17) is 19.9 Å². The van der Waals surface area contributed by atoms with Crippen molar-refractivity contribution in [1.82, 2.24) is 33.6 Å². The van der Waals surface area contributed by atoms with Gasteiger partial charge in [0.1, 0.15) is 5.82 Å². The summed E-state index contributed by atoms with van der Waals surface area (Å²) in [5.41, 5.74) is 12.2. The molecule has 0 fully saturated rings. The van der Waals surface area contributed by atoms with E-state index < -0.39 is 0 Å². The molecule has 0 aliphatic rings. The van der Waals surface area contributed by atoms with E-state index in [0.29, 0.717) is 11.8 Å². The predicted octanol–water partition coefficient (Wildman–Crippen LogP) is 13.6. The minimum absolute atomic E-state index is 0.613. The standard InChI is InChI=1S/C56H35N7/c1-4-16-36(17-5-1)47-35-52(59-55(57-47)37-18-6-2-7-19-37)61-33-32-44-48(61)31-29-42-40-22-11-15-27-50(40)63(54(42)44)56-58-46-25-13-10-24-43(46)53(60-56)38-28-30-51-45(34-38)41-23-12-14-26-49(41)62(51)39-20-8-3-9-21-39/h1-35H. The summed E-state index contributed by atoms with van der Waals surface area (Å²) < 4.78 is 6.77. The lowest BCUT2D eigenvalue weighted by Gasteiger charge is -2.13. The first-order valence-corrected chi connectivity index (χ1v) is 21.1. The van der Waals surface area contributed by atoms with Gasteiger partial charge in [0.2, 0.25) is 5.95 Å². The fourth-order valence-corrected chi connectivity index (χ4v) is 9.47. The Kier molecular flexibility index (Phi) is 7.77. The van der Waals surface area contributed by atoms with Gasteiger partial charge in [0.25, 0.3) is 0 Å². The second kappa shape index (κ2) is 13.9. The smallest absolute Gasteiger partial charge is 0.235 e. The van der Waals surface area contributed by atoms with Crippen molar-refractivity contribution in [3.8, 4) is 51.4 Å². The van der Waals surface area contributed by atoms with Crippen molar-refractivity contribution < 1.29 is 0 Å². The molecule has 0 aliphatic carbocycles. The van der Waals surface area contributed by atoms with Crippen molar-refractivity contribution in [2.75, 3.05) is 0 Å². The van der Waals surface area contributed by atoms with Crippen LogP contribution in [0, 0.1) is 0 Å². The SMILES string of the molecule is c1ccc(-c2cc(-n3ccc4c3ccc3c5ccccc5n(-c5nc(-c6ccc7c(c6)c6ccccc6n7-c6ccccc6)c6ccccc6n5)c34)nc(-c3ccccc3)n2)cc1. The Labute approximate surface area is 361 Å². The molecule has 0 saturated heterocycles. The highest BCUT2D eigenvalue weighted by molar-refractivity contribution is 6.18. The summed E-state index contributed by atoms with van der Waals surface area (Å²) >= 11 is 0. The first-order chi connectivity index (χ1) is 31.2. The van der Waals surface area contributed by atoms with Gasteiger partial charge in [-0.3, -0.25) is 4.57 Å². The predicted molar refractivity (Wildman–Crippen MR) is 257 cm³/mol. The number of nitrogens with zero attached hydrogens (tertiary/aromatic N) is 7. The molecule has 13 aromatic rings. The fourth-order valence-electron chi connectivity index (χ4n) is 9.47. The van der Waals surface area contributed by atoms with Gasteiger partial charge in [-0.2, -0.15) is 0 Å². The molecule has 0 radical (unpaired) electrons. The molecule has 7 heteroatoms. The second-order valence-electron chi connectivity index (χ2n) is 15.9. The van der Waals surface area contributed by atoms with Crippen LogP contribution in [-0.4, -0.2) is 33.6 Å². The molecule has 0 amide bonds. The summed E-state index contributed by atoms with van der Waals surface area (Å²) in [6.45, 7) is 0. The molecule has 0 saturated carbocycles. The Morgan fingerprint density at radius 1 is 0.349 bits per heavy atom. The van der Waals surface area contributed by atoms with Crippen LogP contribution in [0.4, 0.5) is 0 Å². The van der Waals surface area contributed by atoms with E-state index in [-0.39, 0.29) is 0 Å². The molecular weight excluding hydrogens is 771 g/mol. The first kappa shape index (κ1) is 35.1. The van der Waals surface area contributed by atoms with Gasteiger partial charge in [-0.05, 0) is 54.6 Å². The third kappa shape index (κ3) is 5.53. The highest BCUT2D eigenvalue weighted by atomic mass is 15.2. The van der Waals surface area contributed by atoms with Crippen LogP contribution >= 0.6 is 0 Å². The molecule has 13 rings (SSSR count). The van der Waals surface area contributed by atoms with E-state index >= 15 is 0 Å². The number of aromatic nitrogens is 7. The van der Waals surface area contributed by atoms with Crippen LogP contribution in [0.5, 0.6) is 0 Å². The second-order valence-corrected chi connectivity index (χ2v) is 15.9. The van der Waals surface area contributed by atoms with E-state index in [2.05, 4.69) is 190 Å². The minimum Gasteiger partial charge on any atom is -0.309 e. The summed E-state index contributed by atoms with van der Waals surface area (Å²) in [5.74, 6) is 2.07. The molecule has 5 heterocycles. The molecule has 0 unspecified atom stereocenters. The van der Waals surface area contributed by atoms with E-state index in [0.717, 1.165) is 88.7 Å². The molecule has 7 nitrogen and oxygen atoms in total. The van der Waals surface area contributed by atoms with Gasteiger partial charge in [-0.25, -0.2) is 19.9 Å². The zero-order valence-corrected chi connectivity index (χ0v) is 33.8. The van der Waals surface area contributed by atoms with Crippen LogP contribution in [0.1, 0.15) is 0 Å². The van der Waals surface area contributed by atoms with Gasteiger partial charge < -0.3 is 9.13 Å². The lowest BCUT2D eigenvalue weighted by atomic mass is 10.0.